The maximum atomic E-state index is 13.7. The Labute approximate surface area is 290 Å². The van der Waals surface area contributed by atoms with Gasteiger partial charge in [0.25, 0.3) is 0 Å². The second-order valence-corrected chi connectivity index (χ2v) is 13.9. The number of carbonyl (C=O) groups is 4. The van der Waals surface area contributed by atoms with Crippen molar-refractivity contribution in [1.82, 2.24) is 20.6 Å². The highest BCUT2D eigenvalue weighted by Gasteiger charge is 2.30. The number of hydrogen-bond acceptors (Lipinski definition) is 7. The van der Waals surface area contributed by atoms with E-state index in [0.717, 1.165) is 35.1 Å². The van der Waals surface area contributed by atoms with E-state index in [1.54, 1.807) is 30.3 Å². The fourth-order valence-electron chi connectivity index (χ4n) is 6.30. The van der Waals surface area contributed by atoms with Crippen molar-refractivity contribution >= 4 is 40.6 Å². The molecule has 0 saturated heterocycles. The van der Waals surface area contributed by atoms with Crippen molar-refractivity contribution in [1.29, 1.82) is 0 Å². The van der Waals surface area contributed by atoms with Gasteiger partial charge in [0.15, 0.2) is 0 Å². The first-order valence-corrected chi connectivity index (χ1v) is 16.9. The number of aromatic amines is 2. The molecule has 12 nitrogen and oxygen atoms in total. The predicted molar refractivity (Wildman–Crippen MR) is 191 cm³/mol. The molecule has 1 fully saturated rings. The van der Waals surface area contributed by atoms with E-state index in [1.165, 1.54) is 7.11 Å². The summed E-state index contributed by atoms with van der Waals surface area (Å²) >= 11 is 0. The summed E-state index contributed by atoms with van der Waals surface area (Å²) in [6, 6.07) is 17.3. The van der Waals surface area contributed by atoms with Gasteiger partial charge in [-0.2, -0.15) is 0 Å². The first-order valence-electron chi connectivity index (χ1n) is 16.9. The van der Waals surface area contributed by atoms with E-state index in [2.05, 4.69) is 25.9 Å². The van der Waals surface area contributed by atoms with Crippen LogP contribution in [0, 0.1) is 18.8 Å². The molecule has 3 aromatic carbocycles. The number of H-pyrrole nitrogens is 2. The Bertz CT molecular complexity index is 1910. The maximum absolute atomic E-state index is 13.7. The number of anilines is 1. The van der Waals surface area contributed by atoms with Crippen LogP contribution in [0.2, 0.25) is 0 Å². The highest BCUT2D eigenvalue weighted by Crippen LogP contribution is 2.29. The standard InChI is InChI=1S/C38H45N5O7/c1-22-18-27(35(46)49-5)14-16-29(22)25-10-6-23(7-11-25)19-32(34(45)40-28-15-17-30-31(20-28)43-36(47)42-30)41-33(44)26-12-8-24(9-13-26)21-39-37(48)50-38(2,3)4/h6-7,10-11,14-18,20,24,26,32H,8-9,12-13,19,21H2,1-5H3,(H,39,48)(H,40,45)(H,41,44)(H2,42,43,47). The average molecular weight is 684 g/mol. The van der Waals surface area contributed by atoms with E-state index < -0.39 is 23.7 Å². The van der Waals surface area contributed by atoms with Gasteiger partial charge in [0, 0.05) is 24.6 Å². The Kier molecular flexibility index (Phi) is 11.1. The lowest BCUT2D eigenvalue weighted by Gasteiger charge is -2.29. The number of carbonyl (C=O) groups excluding carboxylic acids is 4. The number of methoxy groups -OCH3 is 1. The molecule has 4 aromatic rings. The number of aromatic nitrogens is 2. The first-order chi connectivity index (χ1) is 23.8. The van der Waals surface area contributed by atoms with Crippen LogP contribution in [-0.2, 0) is 25.5 Å². The number of alkyl carbamates (subject to hydrolysis) is 1. The number of aryl methyl sites for hydroxylation is 1. The van der Waals surface area contributed by atoms with Crippen LogP contribution in [0.1, 0.15) is 67.9 Å². The van der Waals surface area contributed by atoms with Gasteiger partial charge in [0.05, 0.1) is 23.7 Å². The molecule has 1 aliphatic carbocycles. The Morgan fingerprint density at radius 2 is 1.60 bits per heavy atom. The number of amides is 3. The minimum absolute atomic E-state index is 0.188. The third-order valence-corrected chi connectivity index (χ3v) is 8.92. The van der Waals surface area contributed by atoms with Crippen molar-refractivity contribution in [2.45, 2.75) is 71.4 Å². The number of benzene rings is 3. The topological polar surface area (TPSA) is 171 Å². The lowest BCUT2D eigenvalue weighted by Crippen LogP contribution is -2.48. The molecule has 1 aliphatic rings. The molecule has 1 atom stereocenters. The number of nitrogens with one attached hydrogen (secondary N) is 5. The van der Waals surface area contributed by atoms with E-state index in [1.807, 2.05) is 58.0 Å². The van der Waals surface area contributed by atoms with Gasteiger partial charge in [-0.1, -0.05) is 30.3 Å². The van der Waals surface area contributed by atoms with E-state index in [9.17, 15) is 24.0 Å². The monoisotopic (exact) mass is 683 g/mol. The Morgan fingerprint density at radius 1 is 0.900 bits per heavy atom. The molecule has 264 valence electrons. The Hall–Kier alpha value is -5.39. The predicted octanol–water partition coefficient (Wildman–Crippen LogP) is 5.62. The Morgan fingerprint density at radius 3 is 2.26 bits per heavy atom. The van der Waals surface area contributed by atoms with Gasteiger partial charge < -0.3 is 35.4 Å². The molecule has 0 spiro atoms. The van der Waals surface area contributed by atoms with Gasteiger partial charge in [-0.3, -0.25) is 9.59 Å². The van der Waals surface area contributed by atoms with Crippen LogP contribution < -0.4 is 21.6 Å². The van der Waals surface area contributed by atoms with Crippen molar-refractivity contribution in [3.8, 4) is 11.1 Å². The summed E-state index contributed by atoms with van der Waals surface area (Å²) in [5.74, 6) is -0.996. The number of fused-ring (bicyclic) bond motifs is 1. The van der Waals surface area contributed by atoms with Gasteiger partial charge in [-0.05, 0) is 112 Å². The third kappa shape index (κ3) is 9.40. The number of imidazole rings is 1. The van der Waals surface area contributed by atoms with Crippen LogP contribution in [0.3, 0.4) is 0 Å². The summed E-state index contributed by atoms with van der Waals surface area (Å²) in [6.45, 7) is 7.86. The second-order valence-electron chi connectivity index (χ2n) is 13.9. The summed E-state index contributed by atoms with van der Waals surface area (Å²) < 4.78 is 10.2. The van der Waals surface area contributed by atoms with Gasteiger partial charge in [-0.25, -0.2) is 14.4 Å². The molecule has 50 heavy (non-hydrogen) atoms. The van der Waals surface area contributed by atoms with Gasteiger partial charge in [-0.15, -0.1) is 0 Å². The quantitative estimate of drug-likeness (QED) is 0.135. The molecule has 5 rings (SSSR count). The van der Waals surface area contributed by atoms with Gasteiger partial charge >= 0.3 is 17.8 Å². The minimum atomic E-state index is -0.873. The van der Waals surface area contributed by atoms with Crippen LogP contribution >= 0.6 is 0 Å². The highest BCUT2D eigenvalue weighted by atomic mass is 16.6. The fourth-order valence-corrected chi connectivity index (χ4v) is 6.30. The number of esters is 1. The second kappa shape index (κ2) is 15.4. The van der Waals surface area contributed by atoms with Crippen LogP contribution in [0.5, 0.6) is 0 Å². The molecular formula is C38H45N5O7. The molecule has 1 heterocycles. The zero-order valence-corrected chi connectivity index (χ0v) is 29.1. The van der Waals surface area contributed by atoms with Crippen molar-refractivity contribution in [2.24, 2.45) is 11.8 Å². The minimum Gasteiger partial charge on any atom is -0.465 e. The van der Waals surface area contributed by atoms with Crippen molar-refractivity contribution in [2.75, 3.05) is 19.0 Å². The number of ether oxygens (including phenoxy) is 2. The van der Waals surface area contributed by atoms with Gasteiger partial charge in [0.1, 0.15) is 11.6 Å². The molecule has 12 heteroatoms. The van der Waals surface area contributed by atoms with E-state index in [-0.39, 0.29) is 35.8 Å². The molecule has 0 aliphatic heterocycles. The Balaban J connectivity index is 1.26. The van der Waals surface area contributed by atoms with Crippen molar-refractivity contribution < 1.29 is 28.7 Å². The van der Waals surface area contributed by atoms with E-state index in [0.29, 0.717) is 41.7 Å². The molecule has 1 saturated carbocycles. The van der Waals surface area contributed by atoms with Crippen molar-refractivity contribution in [3.05, 3.63) is 87.8 Å². The molecular weight excluding hydrogens is 638 g/mol. The van der Waals surface area contributed by atoms with E-state index in [4.69, 9.17) is 9.47 Å². The number of rotatable bonds is 10. The molecule has 5 N–H and O–H groups in total. The average Bonchev–Trinajstić information content (AvgIpc) is 3.45. The highest BCUT2D eigenvalue weighted by molar-refractivity contribution is 5.99. The van der Waals surface area contributed by atoms with Crippen LogP contribution in [-0.4, -0.2) is 59.1 Å². The summed E-state index contributed by atoms with van der Waals surface area (Å²) in [6.07, 6.45) is 2.61. The van der Waals surface area contributed by atoms with Crippen LogP contribution in [0.4, 0.5) is 10.5 Å². The molecule has 1 unspecified atom stereocenters. The number of hydrogen-bond donors (Lipinski definition) is 5. The van der Waals surface area contributed by atoms with Crippen molar-refractivity contribution in [3.63, 3.8) is 0 Å². The van der Waals surface area contributed by atoms with Gasteiger partial charge in [0.2, 0.25) is 11.8 Å². The zero-order valence-electron chi connectivity index (χ0n) is 29.1. The molecule has 3 amide bonds. The third-order valence-electron chi connectivity index (χ3n) is 8.92. The smallest absolute Gasteiger partial charge is 0.407 e. The summed E-state index contributed by atoms with van der Waals surface area (Å²) in [5, 5.41) is 8.76. The molecule has 0 radical (unpaired) electrons. The summed E-state index contributed by atoms with van der Waals surface area (Å²) in [5.41, 5.74) is 4.88. The van der Waals surface area contributed by atoms with E-state index >= 15 is 0 Å². The lowest BCUT2D eigenvalue weighted by molar-refractivity contribution is -0.130. The largest absolute Gasteiger partial charge is 0.465 e. The first kappa shape index (κ1) is 35.9. The normalized spacial score (nSPS) is 16.7. The lowest BCUT2D eigenvalue weighted by atomic mass is 9.81. The SMILES string of the molecule is COC(=O)c1ccc(-c2ccc(CC(NC(=O)C3CCC(CNC(=O)OC(C)(C)C)CC3)C(=O)Nc3ccc4[nH]c(=O)[nH]c4c3)cc2)c(C)c1. The molecule has 1 aromatic heterocycles. The maximum Gasteiger partial charge on any atom is 0.407 e. The van der Waals surface area contributed by atoms with Crippen LogP contribution in [0.25, 0.3) is 22.2 Å². The zero-order chi connectivity index (χ0) is 36.0. The molecule has 0 bridgehead atoms. The van der Waals surface area contributed by atoms with Crippen LogP contribution in [0.15, 0.2) is 65.5 Å². The fraction of sp³-hybridized carbons (Fsp3) is 0.395. The summed E-state index contributed by atoms with van der Waals surface area (Å²) in [4.78, 5) is 68.5. The summed E-state index contributed by atoms with van der Waals surface area (Å²) in [7, 11) is 1.35.